The van der Waals surface area contributed by atoms with Crippen molar-refractivity contribution in [2.75, 3.05) is 20.3 Å². The van der Waals surface area contributed by atoms with Gasteiger partial charge in [-0.1, -0.05) is 0 Å². The first kappa shape index (κ1) is 22.3. The fourth-order valence-electron chi connectivity index (χ4n) is 1.71. The monoisotopic (exact) mass is 365 g/mol. The van der Waals surface area contributed by atoms with E-state index in [9.17, 15) is 22.8 Å². The molecule has 7 nitrogen and oxygen atoms in total. The summed E-state index contributed by atoms with van der Waals surface area (Å²) in [6, 6.07) is 1.35. The van der Waals surface area contributed by atoms with Crippen molar-refractivity contribution in [3.05, 3.63) is 45.3 Å². The van der Waals surface area contributed by atoms with Gasteiger partial charge in [0.25, 0.3) is 0 Å². The Morgan fingerprint density at radius 3 is 1.88 bits per heavy atom. The van der Waals surface area contributed by atoms with E-state index in [1.54, 1.807) is 0 Å². The molecule has 0 fully saturated rings. The normalized spacial score (nSPS) is 9.88. The van der Waals surface area contributed by atoms with Gasteiger partial charge in [0, 0.05) is 16.9 Å². The third-order valence-corrected chi connectivity index (χ3v) is 2.69. The number of benzene rings is 1. The van der Waals surface area contributed by atoms with Gasteiger partial charge in [0.1, 0.15) is 5.82 Å². The first-order valence-corrected chi connectivity index (χ1v) is 7.19. The molecule has 0 N–H and O–H groups in total. The molecule has 0 spiro atoms. The molecule has 0 heterocycles. The van der Waals surface area contributed by atoms with Crippen molar-refractivity contribution in [1.82, 2.24) is 0 Å². The second-order valence-electron chi connectivity index (χ2n) is 4.52. The summed E-state index contributed by atoms with van der Waals surface area (Å²) in [5.74, 6) is -7.24. The molecule has 0 aliphatic heterocycles. The summed E-state index contributed by atoms with van der Waals surface area (Å²) >= 11 is 0. The lowest BCUT2D eigenvalue weighted by Gasteiger charge is -2.15. The number of nitro groups is 1. The molecule has 0 amide bonds. The summed E-state index contributed by atoms with van der Waals surface area (Å²) in [4.78, 5) is 31.7. The highest BCUT2D eigenvalue weighted by atomic mass is 19.2. The Balaban J connectivity index is 0.00000129. The lowest BCUT2D eigenvalue weighted by atomic mass is 9.98. The minimum absolute atomic E-state index is 0.0111. The van der Waals surface area contributed by atoms with E-state index in [1.165, 1.54) is 13.8 Å². The first-order valence-electron chi connectivity index (χ1n) is 7.19. The van der Waals surface area contributed by atoms with Gasteiger partial charge in [-0.25, -0.2) is 13.2 Å². The quantitative estimate of drug-likeness (QED) is 0.252. The molecule has 0 unspecified atom stereocenters. The Morgan fingerprint density at radius 1 is 1.08 bits per heavy atom. The van der Waals surface area contributed by atoms with Crippen molar-refractivity contribution in [3.63, 3.8) is 0 Å². The number of carbonyl (C=O) groups is 2. The summed E-state index contributed by atoms with van der Waals surface area (Å²) in [6.07, 6.45) is -0.674. The van der Waals surface area contributed by atoms with E-state index in [0.717, 1.165) is 13.1 Å². The van der Waals surface area contributed by atoms with Gasteiger partial charge in [-0.15, -0.1) is 0 Å². The Morgan fingerprint density at radius 2 is 1.48 bits per heavy atom. The molecule has 1 aromatic carbocycles. The largest absolute Gasteiger partial charge is 0.465 e. The predicted molar refractivity (Wildman–Crippen MR) is 79.7 cm³/mol. The van der Waals surface area contributed by atoms with Crippen LogP contribution in [0.5, 0.6) is 0 Å². The zero-order valence-corrected chi connectivity index (χ0v) is 13.9. The van der Waals surface area contributed by atoms with E-state index in [4.69, 9.17) is 10.1 Å². The molecule has 0 saturated carbocycles. The van der Waals surface area contributed by atoms with Crippen LogP contribution in [0.3, 0.4) is 0 Å². The number of ether oxygens (including phenoxy) is 2. The van der Waals surface area contributed by atoms with Crippen molar-refractivity contribution in [2.45, 2.75) is 20.3 Å². The third kappa shape index (κ3) is 7.64. The first-order chi connectivity index (χ1) is 11.6. The number of nitrogens with zero attached hydrogens (tertiary/aromatic N) is 1. The summed E-state index contributed by atoms with van der Waals surface area (Å²) in [7, 11) is 0.889. The highest BCUT2D eigenvalue weighted by molar-refractivity contribution is 5.95. The van der Waals surface area contributed by atoms with Gasteiger partial charge >= 0.3 is 11.9 Å². The molecule has 0 aromatic heterocycles. The summed E-state index contributed by atoms with van der Waals surface area (Å²) in [6.45, 7) is 3.01. The van der Waals surface area contributed by atoms with Crippen LogP contribution in [0.4, 0.5) is 13.2 Å². The molecule has 0 aliphatic rings. The summed E-state index contributed by atoms with van der Waals surface area (Å²) in [5, 5.41) is 8.81. The Kier molecular flexibility index (Phi) is 9.83. The molecule has 10 heteroatoms. The van der Waals surface area contributed by atoms with E-state index in [1.807, 2.05) is 0 Å². The van der Waals surface area contributed by atoms with Crippen molar-refractivity contribution >= 4 is 11.9 Å². The molecule has 0 radical (unpaired) electrons. The molecule has 25 heavy (non-hydrogen) atoms. The standard InChI is InChI=1S/C14H15F3O4.CH3NO2/c1-3-20-13(18)9(14(19)21-4-2)7-8-10(15)5-6-11(16)12(8)17;1-2(3)4/h5-6,9H,3-4,7H2,1-2H3;1H3. The Hall–Kier alpha value is -2.65. The van der Waals surface area contributed by atoms with Gasteiger partial charge < -0.3 is 9.47 Å². The fourth-order valence-corrected chi connectivity index (χ4v) is 1.71. The van der Waals surface area contributed by atoms with Gasteiger partial charge in [0.15, 0.2) is 24.6 Å². The number of carbonyl (C=O) groups excluding carboxylic acids is 2. The maximum Gasteiger partial charge on any atom is 0.320 e. The highest BCUT2D eigenvalue weighted by Gasteiger charge is 2.32. The molecular formula is C15H18F3NO6. The van der Waals surface area contributed by atoms with E-state index >= 15 is 0 Å². The highest BCUT2D eigenvalue weighted by Crippen LogP contribution is 2.21. The van der Waals surface area contributed by atoms with E-state index < -0.39 is 52.2 Å². The van der Waals surface area contributed by atoms with Crippen molar-refractivity contribution < 1.29 is 37.2 Å². The SMILES string of the molecule is CCOC(=O)C(Cc1c(F)ccc(F)c1F)C(=O)OCC.C[N+](=O)[O-]. The maximum absolute atomic E-state index is 13.6. The molecule has 0 atom stereocenters. The number of hydrogen-bond donors (Lipinski definition) is 0. The molecule has 0 saturated heterocycles. The van der Waals surface area contributed by atoms with Crippen LogP contribution in [0.1, 0.15) is 19.4 Å². The predicted octanol–water partition coefficient (Wildman–Crippen LogP) is 2.28. The Labute approximate surface area is 141 Å². The lowest BCUT2D eigenvalue weighted by Crippen LogP contribution is -2.30. The molecule has 1 rings (SSSR count). The molecule has 1 aromatic rings. The van der Waals surface area contributed by atoms with Crippen molar-refractivity contribution in [1.29, 1.82) is 0 Å². The second kappa shape index (κ2) is 11.0. The van der Waals surface area contributed by atoms with Crippen LogP contribution in [0.2, 0.25) is 0 Å². The summed E-state index contributed by atoms with van der Waals surface area (Å²) < 4.78 is 49.7. The van der Waals surface area contributed by atoms with Crippen molar-refractivity contribution in [3.8, 4) is 0 Å². The lowest BCUT2D eigenvalue weighted by molar-refractivity contribution is -0.445. The summed E-state index contributed by atoms with van der Waals surface area (Å²) in [5.41, 5.74) is -0.693. The fraction of sp³-hybridized carbons (Fsp3) is 0.467. The van der Waals surface area contributed by atoms with E-state index in [0.29, 0.717) is 6.07 Å². The molecule has 0 aliphatic carbocycles. The van der Waals surface area contributed by atoms with Crippen LogP contribution in [0, 0.1) is 33.5 Å². The minimum atomic E-state index is -1.55. The average molecular weight is 365 g/mol. The van der Waals surface area contributed by atoms with Crippen LogP contribution >= 0.6 is 0 Å². The average Bonchev–Trinajstić information content (AvgIpc) is 2.51. The van der Waals surface area contributed by atoms with Gasteiger partial charge in [-0.05, 0) is 26.0 Å². The van der Waals surface area contributed by atoms with Gasteiger partial charge in [-0.2, -0.15) is 0 Å². The third-order valence-electron chi connectivity index (χ3n) is 2.69. The van der Waals surface area contributed by atoms with Crippen LogP contribution in [0.15, 0.2) is 12.1 Å². The van der Waals surface area contributed by atoms with Gasteiger partial charge in [0.2, 0.25) is 0 Å². The molecular weight excluding hydrogens is 347 g/mol. The maximum atomic E-state index is 13.6. The minimum Gasteiger partial charge on any atom is -0.465 e. The molecule has 140 valence electrons. The topological polar surface area (TPSA) is 95.7 Å². The van der Waals surface area contributed by atoms with Crippen LogP contribution in [0.25, 0.3) is 0 Å². The smallest absolute Gasteiger partial charge is 0.320 e. The zero-order valence-electron chi connectivity index (χ0n) is 13.9. The number of rotatable bonds is 6. The Bertz CT molecular complexity index is 602. The van der Waals surface area contributed by atoms with Crippen LogP contribution in [-0.4, -0.2) is 37.1 Å². The van der Waals surface area contributed by atoms with E-state index in [2.05, 4.69) is 9.47 Å². The van der Waals surface area contributed by atoms with Gasteiger partial charge in [-0.3, -0.25) is 19.7 Å². The second-order valence-corrected chi connectivity index (χ2v) is 4.52. The number of hydrogen-bond acceptors (Lipinski definition) is 6. The van der Waals surface area contributed by atoms with Crippen LogP contribution in [-0.2, 0) is 25.5 Å². The molecule has 0 bridgehead atoms. The zero-order chi connectivity index (χ0) is 19.6. The van der Waals surface area contributed by atoms with Gasteiger partial charge in [0.05, 0.1) is 13.2 Å². The van der Waals surface area contributed by atoms with Crippen molar-refractivity contribution in [2.24, 2.45) is 5.92 Å². The van der Waals surface area contributed by atoms with Crippen LogP contribution < -0.4 is 0 Å². The number of halogens is 3. The number of esters is 2. The van der Waals surface area contributed by atoms with E-state index in [-0.39, 0.29) is 13.2 Å².